The summed E-state index contributed by atoms with van der Waals surface area (Å²) in [5, 5.41) is 0. The highest BCUT2D eigenvalue weighted by atomic mass is 16.6. The summed E-state index contributed by atoms with van der Waals surface area (Å²) in [6, 6.07) is -1.61. The van der Waals surface area contributed by atoms with E-state index in [1.165, 1.54) is 14.2 Å². The Bertz CT molecular complexity index is 332. The van der Waals surface area contributed by atoms with E-state index in [-0.39, 0.29) is 6.61 Å². The minimum atomic E-state index is -0.804. The number of nitrogens with zero attached hydrogens (tertiary/aromatic N) is 1. The second-order valence-electron chi connectivity index (χ2n) is 4.12. The van der Waals surface area contributed by atoms with Crippen molar-refractivity contribution in [3.8, 4) is 0 Å². The second-order valence-corrected chi connectivity index (χ2v) is 4.12. The summed E-state index contributed by atoms with van der Waals surface area (Å²) in [7, 11) is 2.49. The zero-order valence-corrected chi connectivity index (χ0v) is 11.4. The van der Waals surface area contributed by atoms with E-state index in [9.17, 15) is 14.4 Å². The van der Waals surface area contributed by atoms with Crippen molar-refractivity contribution in [2.75, 3.05) is 20.8 Å². The molecular formula is C12H19NO6. The molecule has 1 saturated heterocycles. The molecule has 1 aliphatic rings. The summed E-state index contributed by atoms with van der Waals surface area (Å²) in [5.41, 5.74) is 0. The molecule has 1 aliphatic heterocycles. The Morgan fingerprint density at radius 3 is 1.89 bits per heavy atom. The predicted octanol–water partition coefficient (Wildman–Crippen LogP) is 0.712. The molecule has 7 heteroatoms. The lowest BCUT2D eigenvalue weighted by molar-refractivity contribution is -0.156. The molecule has 0 bridgehead atoms. The van der Waals surface area contributed by atoms with Crippen LogP contribution in [0, 0.1) is 0 Å². The molecule has 0 aliphatic carbocycles. The van der Waals surface area contributed by atoms with Crippen LogP contribution in [-0.4, -0.2) is 55.8 Å². The maximum Gasteiger partial charge on any atom is 0.411 e. The van der Waals surface area contributed by atoms with Gasteiger partial charge >= 0.3 is 18.0 Å². The maximum absolute atomic E-state index is 11.9. The topological polar surface area (TPSA) is 82.1 Å². The molecule has 0 aromatic rings. The van der Waals surface area contributed by atoms with Crippen molar-refractivity contribution >= 4 is 18.0 Å². The van der Waals surface area contributed by atoms with Gasteiger partial charge in [0.15, 0.2) is 0 Å². The lowest BCUT2D eigenvalue weighted by Gasteiger charge is -2.37. The van der Waals surface area contributed by atoms with E-state index in [2.05, 4.69) is 9.47 Å². The Kier molecular flexibility index (Phi) is 5.59. The van der Waals surface area contributed by atoms with E-state index >= 15 is 0 Å². The molecule has 1 amide bonds. The zero-order chi connectivity index (χ0) is 14.4. The third-order valence-corrected chi connectivity index (χ3v) is 3.05. The second kappa shape index (κ2) is 6.96. The van der Waals surface area contributed by atoms with Crippen molar-refractivity contribution in [2.45, 2.75) is 38.3 Å². The smallest absolute Gasteiger partial charge is 0.411 e. The molecule has 0 unspecified atom stereocenters. The Morgan fingerprint density at radius 2 is 1.53 bits per heavy atom. The Labute approximate surface area is 111 Å². The summed E-state index contributed by atoms with van der Waals surface area (Å²) in [4.78, 5) is 36.5. The van der Waals surface area contributed by atoms with Gasteiger partial charge in [-0.15, -0.1) is 0 Å². The van der Waals surface area contributed by atoms with Crippen LogP contribution in [0.5, 0.6) is 0 Å². The number of methoxy groups -OCH3 is 2. The Morgan fingerprint density at radius 1 is 1.05 bits per heavy atom. The number of piperidine rings is 1. The highest BCUT2D eigenvalue weighted by Crippen LogP contribution is 2.25. The first-order valence-corrected chi connectivity index (χ1v) is 6.17. The van der Waals surface area contributed by atoms with Crippen LogP contribution in [0.4, 0.5) is 4.79 Å². The summed E-state index contributed by atoms with van der Waals surface area (Å²) in [6.07, 6.45) is 0.820. The third-order valence-electron chi connectivity index (χ3n) is 3.05. The number of likely N-dealkylation sites (tertiary alicyclic amines) is 1. The SMILES string of the molecule is CCOC(=O)N1[C@@H](C(=O)OC)CCC[C@H]1C(=O)OC. The van der Waals surface area contributed by atoms with Crippen LogP contribution in [0.1, 0.15) is 26.2 Å². The average molecular weight is 273 g/mol. The summed E-state index contributed by atoms with van der Waals surface area (Å²) in [6.45, 7) is 1.82. The van der Waals surface area contributed by atoms with Gasteiger partial charge in [-0.1, -0.05) is 0 Å². The first-order chi connectivity index (χ1) is 9.06. The van der Waals surface area contributed by atoms with E-state index in [1.54, 1.807) is 6.92 Å². The van der Waals surface area contributed by atoms with Gasteiger partial charge in [-0.3, -0.25) is 4.90 Å². The van der Waals surface area contributed by atoms with Crippen molar-refractivity contribution in [3.05, 3.63) is 0 Å². The number of esters is 2. The first-order valence-electron chi connectivity index (χ1n) is 6.17. The highest BCUT2D eigenvalue weighted by molar-refractivity contribution is 5.87. The minimum Gasteiger partial charge on any atom is -0.467 e. The molecule has 1 heterocycles. The molecule has 0 saturated carbocycles. The monoisotopic (exact) mass is 273 g/mol. The number of hydrogen-bond acceptors (Lipinski definition) is 6. The Balaban J connectivity index is 2.99. The van der Waals surface area contributed by atoms with Gasteiger partial charge in [0.2, 0.25) is 0 Å². The Hall–Kier alpha value is -1.79. The van der Waals surface area contributed by atoms with Crippen LogP contribution in [-0.2, 0) is 23.8 Å². The lowest BCUT2D eigenvalue weighted by atomic mass is 9.96. The molecule has 0 aromatic carbocycles. The van der Waals surface area contributed by atoms with Crippen LogP contribution in [0.25, 0.3) is 0 Å². The molecule has 0 radical (unpaired) electrons. The number of amides is 1. The molecule has 19 heavy (non-hydrogen) atoms. The van der Waals surface area contributed by atoms with E-state index in [1.807, 2.05) is 0 Å². The molecule has 0 N–H and O–H groups in total. The fraction of sp³-hybridized carbons (Fsp3) is 0.750. The van der Waals surface area contributed by atoms with Crippen LogP contribution < -0.4 is 0 Å². The normalized spacial score (nSPS) is 22.6. The van der Waals surface area contributed by atoms with Gasteiger partial charge in [-0.05, 0) is 26.2 Å². The largest absolute Gasteiger partial charge is 0.467 e. The number of ether oxygens (including phenoxy) is 3. The maximum atomic E-state index is 11.9. The quantitative estimate of drug-likeness (QED) is 0.556. The zero-order valence-electron chi connectivity index (χ0n) is 11.4. The average Bonchev–Trinajstić information content (AvgIpc) is 2.44. The van der Waals surface area contributed by atoms with Crippen molar-refractivity contribution in [2.24, 2.45) is 0 Å². The van der Waals surface area contributed by atoms with E-state index in [0.717, 1.165) is 4.90 Å². The third kappa shape index (κ3) is 3.36. The summed E-state index contributed by atoms with van der Waals surface area (Å²) in [5.74, 6) is -1.11. The van der Waals surface area contributed by atoms with Gasteiger partial charge < -0.3 is 14.2 Å². The van der Waals surface area contributed by atoms with Crippen molar-refractivity contribution in [1.82, 2.24) is 4.90 Å². The molecule has 1 rings (SSSR count). The van der Waals surface area contributed by atoms with E-state index < -0.39 is 30.1 Å². The first kappa shape index (κ1) is 15.3. The molecule has 7 nitrogen and oxygen atoms in total. The van der Waals surface area contributed by atoms with E-state index in [4.69, 9.17) is 4.74 Å². The van der Waals surface area contributed by atoms with Gasteiger partial charge in [0.05, 0.1) is 20.8 Å². The number of rotatable bonds is 3. The standard InChI is InChI=1S/C12H19NO6/c1-4-19-12(16)13-8(10(14)17-2)6-5-7-9(13)11(15)18-3/h8-9H,4-7H2,1-3H3/t8-,9+. The fourth-order valence-corrected chi connectivity index (χ4v) is 2.19. The number of carbonyl (C=O) groups excluding carboxylic acids is 3. The fourth-order valence-electron chi connectivity index (χ4n) is 2.19. The number of carbonyl (C=O) groups is 3. The van der Waals surface area contributed by atoms with Gasteiger partial charge in [-0.2, -0.15) is 0 Å². The molecule has 0 spiro atoms. The van der Waals surface area contributed by atoms with Crippen molar-refractivity contribution < 1.29 is 28.6 Å². The summed E-state index contributed by atoms with van der Waals surface area (Å²) >= 11 is 0. The number of hydrogen-bond donors (Lipinski definition) is 0. The van der Waals surface area contributed by atoms with Crippen LogP contribution in [0.15, 0.2) is 0 Å². The highest BCUT2D eigenvalue weighted by Gasteiger charge is 2.43. The molecule has 2 atom stereocenters. The van der Waals surface area contributed by atoms with Gasteiger partial charge in [0.1, 0.15) is 12.1 Å². The lowest BCUT2D eigenvalue weighted by Crippen LogP contribution is -2.56. The van der Waals surface area contributed by atoms with E-state index in [0.29, 0.717) is 19.3 Å². The van der Waals surface area contributed by atoms with Gasteiger partial charge in [0, 0.05) is 0 Å². The molecular weight excluding hydrogens is 254 g/mol. The van der Waals surface area contributed by atoms with Gasteiger partial charge in [-0.25, -0.2) is 14.4 Å². The molecule has 0 aromatic heterocycles. The van der Waals surface area contributed by atoms with Crippen LogP contribution >= 0.6 is 0 Å². The minimum absolute atomic E-state index is 0.164. The van der Waals surface area contributed by atoms with Crippen molar-refractivity contribution in [1.29, 1.82) is 0 Å². The summed E-state index contributed by atoms with van der Waals surface area (Å²) < 4.78 is 14.2. The van der Waals surface area contributed by atoms with Crippen molar-refractivity contribution in [3.63, 3.8) is 0 Å². The van der Waals surface area contributed by atoms with Crippen LogP contribution in [0.3, 0.4) is 0 Å². The molecule has 1 fully saturated rings. The predicted molar refractivity (Wildman–Crippen MR) is 64.3 cm³/mol. The van der Waals surface area contributed by atoms with Crippen LogP contribution in [0.2, 0.25) is 0 Å². The van der Waals surface area contributed by atoms with Gasteiger partial charge in [0.25, 0.3) is 0 Å². The molecule has 108 valence electrons.